The molecular formula is C26H31NO5. The monoisotopic (exact) mass is 437 g/mol. The average Bonchev–Trinajstić information content (AvgIpc) is 3.03. The highest BCUT2D eigenvalue weighted by Crippen LogP contribution is 2.42. The number of benzene rings is 2. The average molecular weight is 438 g/mol. The number of ether oxygens (including phenoxy) is 2. The van der Waals surface area contributed by atoms with Crippen LogP contribution in [0, 0.1) is 11.8 Å². The molecule has 1 N–H and O–H groups in total. The topological polar surface area (TPSA) is 76.1 Å². The van der Waals surface area contributed by atoms with Crippen LogP contribution in [-0.2, 0) is 9.59 Å². The summed E-state index contributed by atoms with van der Waals surface area (Å²) < 4.78 is 11.0. The molecule has 1 unspecified atom stereocenters. The summed E-state index contributed by atoms with van der Waals surface area (Å²) in [5.74, 6) is 0.546. The van der Waals surface area contributed by atoms with Crippen molar-refractivity contribution in [1.82, 2.24) is 0 Å². The number of anilines is 1. The van der Waals surface area contributed by atoms with Crippen LogP contribution in [0.15, 0.2) is 59.9 Å². The minimum absolute atomic E-state index is 0.0980. The Morgan fingerprint density at radius 1 is 0.969 bits per heavy atom. The van der Waals surface area contributed by atoms with Gasteiger partial charge in [-0.2, -0.15) is 0 Å². The van der Waals surface area contributed by atoms with Crippen LogP contribution in [0.25, 0.3) is 0 Å². The molecule has 0 spiro atoms. The van der Waals surface area contributed by atoms with E-state index < -0.39 is 17.7 Å². The van der Waals surface area contributed by atoms with E-state index in [-0.39, 0.29) is 23.7 Å². The highest BCUT2D eigenvalue weighted by Gasteiger charge is 2.44. The van der Waals surface area contributed by atoms with Gasteiger partial charge in [-0.15, -0.1) is 0 Å². The maximum absolute atomic E-state index is 13.1. The Kier molecular flexibility index (Phi) is 7.23. The molecule has 6 heteroatoms. The van der Waals surface area contributed by atoms with E-state index in [4.69, 9.17) is 9.47 Å². The number of aliphatic hydroxyl groups excluding tert-OH is 1. The number of aliphatic hydroxyl groups is 1. The number of carbonyl (C=O) groups excluding carboxylic acids is 2. The number of amides is 1. The highest BCUT2D eigenvalue weighted by molar-refractivity contribution is 6.16. The van der Waals surface area contributed by atoms with E-state index in [2.05, 4.69) is 13.8 Å². The zero-order valence-electron chi connectivity index (χ0n) is 19.3. The van der Waals surface area contributed by atoms with Crippen LogP contribution in [0.2, 0.25) is 0 Å². The van der Waals surface area contributed by atoms with Gasteiger partial charge in [-0.3, -0.25) is 14.5 Å². The van der Waals surface area contributed by atoms with Crippen molar-refractivity contribution in [1.29, 1.82) is 0 Å². The molecular weight excluding hydrogens is 406 g/mol. The van der Waals surface area contributed by atoms with Crippen molar-refractivity contribution in [3.63, 3.8) is 0 Å². The van der Waals surface area contributed by atoms with E-state index >= 15 is 0 Å². The second kappa shape index (κ2) is 9.90. The first-order chi connectivity index (χ1) is 15.2. The Labute approximate surface area is 189 Å². The molecule has 1 atom stereocenters. The van der Waals surface area contributed by atoms with Crippen LogP contribution in [-0.4, -0.2) is 30.5 Å². The van der Waals surface area contributed by atoms with E-state index in [1.54, 1.807) is 43.5 Å². The number of hydrogen-bond donors (Lipinski definition) is 1. The normalized spacial score (nSPS) is 16.3. The van der Waals surface area contributed by atoms with Crippen LogP contribution >= 0.6 is 0 Å². The minimum atomic E-state index is -0.720. The summed E-state index contributed by atoms with van der Waals surface area (Å²) in [6.07, 6.45) is 0.245. The van der Waals surface area contributed by atoms with Gasteiger partial charge >= 0.3 is 0 Å². The van der Waals surface area contributed by atoms with Gasteiger partial charge in [0.15, 0.2) is 11.5 Å². The second-order valence-corrected chi connectivity index (χ2v) is 8.83. The molecule has 0 bridgehead atoms. The summed E-state index contributed by atoms with van der Waals surface area (Å²) in [6.45, 7) is 8.60. The SMILES string of the molecule is COc1ccc(C2C(C(=O)CC(C)C)=C(O)C(=O)N2c2ccc(OCC(C)C)cc2)cc1. The number of ketones is 1. The first-order valence-electron chi connectivity index (χ1n) is 10.9. The number of Topliss-reactive ketones (excluding diaryl/α,β-unsaturated/α-hetero) is 1. The third kappa shape index (κ3) is 4.96. The zero-order valence-corrected chi connectivity index (χ0v) is 19.3. The van der Waals surface area contributed by atoms with E-state index in [1.165, 1.54) is 4.90 Å². The van der Waals surface area contributed by atoms with Crippen molar-refractivity contribution >= 4 is 17.4 Å². The third-order valence-electron chi connectivity index (χ3n) is 5.23. The van der Waals surface area contributed by atoms with Gasteiger partial charge in [0.2, 0.25) is 0 Å². The predicted molar refractivity (Wildman–Crippen MR) is 124 cm³/mol. The van der Waals surface area contributed by atoms with Gasteiger partial charge in [-0.05, 0) is 53.8 Å². The molecule has 6 nitrogen and oxygen atoms in total. The van der Waals surface area contributed by atoms with Crippen LogP contribution in [0.3, 0.4) is 0 Å². The van der Waals surface area contributed by atoms with Crippen LogP contribution in [0.4, 0.5) is 5.69 Å². The van der Waals surface area contributed by atoms with Gasteiger partial charge < -0.3 is 14.6 Å². The largest absolute Gasteiger partial charge is 0.503 e. The summed E-state index contributed by atoms with van der Waals surface area (Å²) in [5.41, 5.74) is 1.43. The second-order valence-electron chi connectivity index (χ2n) is 8.83. The molecule has 0 radical (unpaired) electrons. The maximum Gasteiger partial charge on any atom is 0.294 e. The highest BCUT2D eigenvalue weighted by atomic mass is 16.5. The molecule has 2 aromatic rings. The summed E-state index contributed by atoms with van der Waals surface area (Å²) in [6, 6.07) is 13.6. The molecule has 1 aliphatic heterocycles. The third-order valence-corrected chi connectivity index (χ3v) is 5.23. The lowest BCUT2D eigenvalue weighted by Crippen LogP contribution is -2.31. The first-order valence-corrected chi connectivity index (χ1v) is 10.9. The van der Waals surface area contributed by atoms with Gasteiger partial charge in [0.05, 0.1) is 25.3 Å². The fraction of sp³-hybridized carbons (Fsp3) is 0.385. The van der Waals surface area contributed by atoms with Crippen molar-refractivity contribution < 1.29 is 24.2 Å². The van der Waals surface area contributed by atoms with Crippen LogP contribution < -0.4 is 14.4 Å². The molecule has 0 aliphatic carbocycles. The van der Waals surface area contributed by atoms with Gasteiger partial charge in [0.1, 0.15) is 11.5 Å². The summed E-state index contributed by atoms with van der Waals surface area (Å²) in [7, 11) is 1.58. The predicted octanol–water partition coefficient (Wildman–Crippen LogP) is 5.25. The van der Waals surface area contributed by atoms with Gasteiger partial charge in [0.25, 0.3) is 5.91 Å². The Bertz CT molecular complexity index is 990. The Balaban J connectivity index is 2.01. The molecule has 32 heavy (non-hydrogen) atoms. The summed E-state index contributed by atoms with van der Waals surface area (Å²) in [4.78, 5) is 27.6. The number of rotatable bonds is 9. The van der Waals surface area contributed by atoms with E-state index in [1.807, 2.05) is 26.0 Å². The van der Waals surface area contributed by atoms with Crippen molar-refractivity contribution in [3.05, 3.63) is 65.4 Å². The molecule has 0 fully saturated rings. The Hall–Kier alpha value is -3.28. The lowest BCUT2D eigenvalue weighted by Gasteiger charge is -2.27. The molecule has 1 aliphatic rings. The van der Waals surface area contributed by atoms with Gasteiger partial charge in [0, 0.05) is 12.1 Å². The summed E-state index contributed by atoms with van der Waals surface area (Å²) >= 11 is 0. The Morgan fingerprint density at radius 3 is 2.09 bits per heavy atom. The molecule has 1 amide bonds. The molecule has 0 saturated heterocycles. The first kappa shape index (κ1) is 23.4. The number of hydrogen-bond acceptors (Lipinski definition) is 5. The fourth-order valence-corrected chi connectivity index (χ4v) is 3.70. The molecule has 0 saturated carbocycles. The lowest BCUT2D eigenvalue weighted by molar-refractivity contribution is -0.118. The van der Waals surface area contributed by atoms with Crippen LogP contribution in [0.5, 0.6) is 11.5 Å². The van der Waals surface area contributed by atoms with E-state index in [9.17, 15) is 14.7 Å². The molecule has 2 aromatic carbocycles. The van der Waals surface area contributed by atoms with E-state index in [0.29, 0.717) is 29.7 Å². The van der Waals surface area contributed by atoms with Crippen molar-refractivity contribution in [2.45, 2.75) is 40.2 Å². The quantitative estimate of drug-likeness (QED) is 0.580. The smallest absolute Gasteiger partial charge is 0.294 e. The zero-order chi connectivity index (χ0) is 23.4. The van der Waals surface area contributed by atoms with Crippen LogP contribution in [0.1, 0.15) is 45.7 Å². The molecule has 1 heterocycles. The van der Waals surface area contributed by atoms with Crippen molar-refractivity contribution in [2.24, 2.45) is 11.8 Å². The molecule has 0 aromatic heterocycles. The summed E-state index contributed by atoms with van der Waals surface area (Å²) in [5, 5.41) is 10.7. The molecule has 3 rings (SSSR count). The molecule has 170 valence electrons. The van der Waals surface area contributed by atoms with Crippen molar-refractivity contribution in [3.8, 4) is 11.5 Å². The van der Waals surface area contributed by atoms with Gasteiger partial charge in [-0.1, -0.05) is 39.8 Å². The van der Waals surface area contributed by atoms with Crippen molar-refractivity contribution in [2.75, 3.05) is 18.6 Å². The number of nitrogens with zero attached hydrogens (tertiary/aromatic N) is 1. The number of carbonyl (C=O) groups is 2. The Morgan fingerprint density at radius 2 is 1.56 bits per heavy atom. The lowest BCUT2D eigenvalue weighted by atomic mass is 9.92. The van der Waals surface area contributed by atoms with E-state index in [0.717, 1.165) is 5.56 Å². The fourth-order valence-electron chi connectivity index (χ4n) is 3.70. The number of methoxy groups -OCH3 is 1. The van der Waals surface area contributed by atoms with Gasteiger partial charge in [-0.25, -0.2) is 0 Å². The standard InChI is InChI=1S/C26H31NO5/c1-16(2)14-22(28)23-24(18-6-10-20(31-5)11-7-18)27(26(30)25(23)29)19-8-12-21(13-9-19)32-15-17(3)4/h6-13,16-17,24,29H,14-15H2,1-5H3. The maximum atomic E-state index is 13.1. The minimum Gasteiger partial charge on any atom is -0.503 e.